The second-order valence-electron chi connectivity index (χ2n) is 11.1. The zero-order valence-corrected chi connectivity index (χ0v) is 21.3. The van der Waals surface area contributed by atoms with Gasteiger partial charge in [-0.3, -0.25) is 14.4 Å². The Kier molecular flexibility index (Phi) is 5.63. The van der Waals surface area contributed by atoms with Crippen molar-refractivity contribution < 1.29 is 47.6 Å². The van der Waals surface area contributed by atoms with Crippen molar-refractivity contribution >= 4 is 17.9 Å². The SMILES string of the molecule is CC(=O)OC[C@@]12[C@@H](OC(C)=O)C[C@@H](C)[C@@]3(C)C[C@@](O)(c4ccoc4)O[C@]13CC[C@@H](OC(C)=O)[C@]21CO1. The molecule has 0 bridgehead atoms. The first-order valence-corrected chi connectivity index (χ1v) is 12.4. The number of carbonyl (C=O) groups excluding carboxylic acids is 3. The Labute approximate surface area is 209 Å². The molecule has 0 unspecified atom stereocenters. The lowest BCUT2D eigenvalue weighted by Gasteiger charge is -2.67. The molecule has 0 amide bonds. The summed E-state index contributed by atoms with van der Waals surface area (Å²) in [6, 6.07) is 1.66. The van der Waals surface area contributed by atoms with Gasteiger partial charge in [0, 0.05) is 38.2 Å². The number of furan rings is 1. The van der Waals surface area contributed by atoms with Gasteiger partial charge in [-0.25, -0.2) is 0 Å². The number of epoxide rings is 1. The van der Waals surface area contributed by atoms with E-state index in [-0.39, 0.29) is 25.6 Å². The van der Waals surface area contributed by atoms with E-state index in [0.29, 0.717) is 24.8 Å². The van der Waals surface area contributed by atoms with E-state index in [4.69, 9.17) is 28.1 Å². The van der Waals surface area contributed by atoms with E-state index in [1.54, 1.807) is 6.07 Å². The van der Waals surface area contributed by atoms with Gasteiger partial charge in [0.25, 0.3) is 0 Å². The lowest BCUT2D eigenvalue weighted by molar-refractivity contribution is -0.344. The van der Waals surface area contributed by atoms with Gasteiger partial charge in [-0.15, -0.1) is 0 Å². The molecule has 3 heterocycles. The number of aliphatic hydroxyl groups is 1. The van der Waals surface area contributed by atoms with Crippen molar-refractivity contribution in [1.29, 1.82) is 0 Å². The van der Waals surface area contributed by atoms with Crippen molar-refractivity contribution in [3.8, 4) is 0 Å². The molecule has 2 saturated carbocycles. The molecule has 8 atom stereocenters. The second kappa shape index (κ2) is 8.03. The third-order valence-corrected chi connectivity index (χ3v) is 9.38. The Hall–Kier alpha value is -2.43. The van der Waals surface area contributed by atoms with E-state index in [2.05, 4.69) is 13.8 Å². The Balaban J connectivity index is 1.75. The highest BCUT2D eigenvalue weighted by Gasteiger charge is 2.88. The van der Waals surface area contributed by atoms with E-state index in [1.807, 2.05) is 0 Å². The van der Waals surface area contributed by atoms with Gasteiger partial charge in [0.2, 0.25) is 0 Å². The smallest absolute Gasteiger partial charge is 0.303 e. The first kappa shape index (κ1) is 25.2. The molecule has 4 fully saturated rings. The van der Waals surface area contributed by atoms with E-state index < -0.39 is 57.9 Å². The highest BCUT2D eigenvalue weighted by Crippen LogP contribution is 2.76. The van der Waals surface area contributed by atoms with Gasteiger partial charge in [-0.05, 0) is 31.2 Å². The molecular formula is C26H34O10. The second-order valence-corrected chi connectivity index (χ2v) is 11.1. The number of esters is 3. The molecule has 2 aliphatic heterocycles. The summed E-state index contributed by atoms with van der Waals surface area (Å²) in [6.07, 6.45) is 2.88. The molecule has 1 aromatic rings. The standard InChI is InChI=1S/C26H34O10/c1-15-10-21(35-18(4)29)23(13-32-16(2)27)24(14-33-24)20(34-17(3)28)6-8-26(23)22(15,5)12-25(30,36-26)19-7-9-31-11-19/h7,9,11,15,20-21,30H,6,8,10,12-14H2,1-5H3/t15-,20-,21+,22-,23+,24-,25+,26+/m1/s1. The van der Waals surface area contributed by atoms with Crippen molar-refractivity contribution in [3.05, 3.63) is 24.2 Å². The number of rotatable bonds is 5. The molecule has 2 spiro atoms. The fourth-order valence-corrected chi connectivity index (χ4v) is 7.75. The van der Waals surface area contributed by atoms with Gasteiger partial charge in [0.05, 0.1) is 24.7 Å². The van der Waals surface area contributed by atoms with Crippen LogP contribution in [0.15, 0.2) is 23.0 Å². The molecule has 2 saturated heterocycles. The lowest BCUT2D eigenvalue weighted by Crippen LogP contribution is -2.78. The van der Waals surface area contributed by atoms with Crippen molar-refractivity contribution in [2.75, 3.05) is 13.2 Å². The van der Waals surface area contributed by atoms with Crippen LogP contribution in [-0.2, 0) is 43.9 Å². The molecule has 36 heavy (non-hydrogen) atoms. The largest absolute Gasteiger partial charge is 0.472 e. The van der Waals surface area contributed by atoms with Crippen LogP contribution in [0.3, 0.4) is 0 Å². The molecule has 198 valence electrons. The number of fused-ring (bicyclic) bond motifs is 1. The van der Waals surface area contributed by atoms with E-state index in [9.17, 15) is 19.5 Å². The van der Waals surface area contributed by atoms with Gasteiger partial charge >= 0.3 is 17.9 Å². The van der Waals surface area contributed by atoms with Gasteiger partial charge < -0.3 is 33.2 Å². The summed E-state index contributed by atoms with van der Waals surface area (Å²) in [5.74, 6) is -3.25. The summed E-state index contributed by atoms with van der Waals surface area (Å²) in [6.45, 7) is 8.08. The Morgan fingerprint density at radius 1 is 1.11 bits per heavy atom. The van der Waals surface area contributed by atoms with Crippen molar-refractivity contribution in [2.24, 2.45) is 16.7 Å². The summed E-state index contributed by atoms with van der Waals surface area (Å²) in [5.41, 5.74) is -3.73. The van der Waals surface area contributed by atoms with E-state index in [0.717, 1.165) is 0 Å². The molecule has 1 N–H and O–H groups in total. The normalized spacial score (nSPS) is 44.9. The van der Waals surface area contributed by atoms with Gasteiger partial charge in [-0.2, -0.15) is 0 Å². The summed E-state index contributed by atoms with van der Waals surface area (Å²) < 4.78 is 35.7. The molecular weight excluding hydrogens is 472 g/mol. The molecule has 10 nitrogen and oxygen atoms in total. The van der Waals surface area contributed by atoms with Crippen LogP contribution in [0.25, 0.3) is 0 Å². The van der Waals surface area contributed by atoms with Crippen LogP contribution < -0.4 is 0 Å². The summed E-state index contributed by atoms with van der Waals surface area (Å²) >= 11 is 0. The predicted octanol–water partition coefficient (Wildman–Crippen LogP) is 2.61. The van der Waals surface area contributed by atoms with Gasteiger partial charge in [0.15, 0.2) is 5.79 Å². The zero-order chi connectivity index (χ0) is 26.1. The molecule has 2 aliphatic carbocycles. The summed E-state index contributed by atoms with van der Waals surface area (Å²) in [5, 5.41) is 11.9. The fraction of sp³-hybridized carbons (Fsp3) is 0.731. The van der Waals surface area contributed by atoms with Crippen LogP contribution >= 0.6 is 0 Å². The molecule has 10 heteroatoms. The molecule has 4 aliphatic rings. The maximum atomic E-state index is 12.4. The number of ether oxygens (including phenoxy) is 5. The monoisotopic (exact) mass is 506 g/mol. The van der Waals surface area contributed by atoms with Crippen molar-refractivity contribution in [1.82, 2.24) is 0 Å². The van der Waals surface area contributed by atoms with Crippen LogP contribution in [0.5, 0.6) is 0 Å². The highest BCUT2D eigenvalue weighted by atomic mass is 16.7. The van der Waals surface area contributed by atoms with Gasteiger partial charge in [0.1, 0.15) is 29.8 Å². The fourth-order valence-electron chi connectivity index (χ4n) is 7.75. The Morgan fingerprint density at radius 3 is 2.33 bits per heavy atom. The minimum atomic E-state index is -1.70. The number of hydrogen-bond donors (Lipinski definition) is 1. The first-order valence-electron chi connectivity index (χ1n) is 12.4. The maximum absolute atomic E-state index is 12.4. The Bertz CT molecular complexity index is 1060. The quantitative estimate of drug-likeness (QED) is 0.361. The third-order valence-electron chi connectivity index (χ3n) is 9.38. The number of hydrogen-bond acceptors (Lipinski definition) is 10. The summed E-state index contributed by atoms with van der Waals surface area (Å²) in [4.78, 5) is 36.6. The minimum absolute atomic E-state index is 0.0608. The molecule has 0 aromatic carbocycles. The zero-order valence-electron chi connectivity index (χ0n) is 21.3. The van der Waals surface area contributed by atoms with Crippen LogP contribution in [0.2, 0.25) is 0 Å². The third kappa shape index (κ3) is 3.16. The van der Waals surface area contributed by atoms with Crippen LogP contribution in [0.4, 0.5) is 0 Å². The predicted molar refractivity (Wildman–Crippen MR) is 121 cm³/mol. The summed E-state index contributed by atoms with van der Waals surface area (Å²) in [7, 11) is 0. The number of carbonyl (C=O) groups is 3. The highest BCUT2D eigenvalue weighted by molar-refractivity contribution is 5.68. The van der Waals surface area contributed by atoms with Crippen LogP contribution in [0.1, 0.15) is 65.9 Å². The Morgan fingerprint density at radius 2 is 1.78 bits per heavy atom. The van der Waals surface area contributed by atoms with Crippen molar-refractivity contribution in [2.45, 2.75) is 89.5 Å². The van der Waals surface area contributed by atoms with Crippen LogP contribution in [-0.4, -0.2) is 59.6 Å². The average Bonchev–Trinajstić information content (AvgIpc) is 3.25. The van der Waals surface area contributed by atoms with Gasteiger partial charge in [-0.1, -0.05) is 13.8 Å². The maximum Gasteiger partial charge on any atom is 0.303 e. The average molecular weight is 507 g/mol. The van der Waals surface area contributed by atoms with E-state index >= 15 is 0 Å². The minimum Gasteiger partial charge on any atom is -0.472 e. The topological polar surface area (TPSA) is 134 Å². The first-order chi connectivity index (χ1) is 16.9. The van der Waals surface area contributed by atoms with E-state index in [1.165, 1.54) is 33.3 Å². The van der Waals surface area contributed by atoms with Crippen LogP contribution in [0, 0.1) is 16.7 Å². The van der Waals surface area contributed by atoms with Crippen molar-refractivity contribution in [3.63, 3.8) is 0 Å². The molecule has 0 radical (unpaired) electrons. The lowest BCUT2D eigenvalue weighted by atomic mass is 9.40. The molecule has 1 aromatic heterocycles. The molecule has 5 rings (SSSR count).